The Labute approximate surface area is 184 Å². The molecule has 0 aliphatic heterocycles. The van der Waals surface area contributed by atoms with Gasteiger partial charge in [0.1, 0.15) is 12.1 Å². The van der Waals surface area contributed by atoms with Crippen LogP contribution in [0.3, 0.4) is 0 Å². The van der Waals surface area contributed by atoms with E-state index in [1.54, 1.807) is 35.8 Å². The van der Waals surface area contributed by atoms with Crippen molar-refractivity contribution in [3.8, 4) is 27.7 Å². The number of fused-ring (bicyclic) bond motifs is 1. The molecule has 0 bridgehead atoms. The van der Waals surface area contributed by atoms with E-state index in [1.807, 2.05) is 25.1 Å². The van der Waals surface area contributed by atoms with Gasteiger partial charge in [-0.15, -0.1) is 11.3 Å². The molecule has 7 nitrogen and oxygen atoms in total. The lowest BCUT2D eigenvalue weighted by Crippen LogP contribution is -1.95. The molecule has 4 aromatic rings. The molecule has 158 valence electrons. The van der Waals surface area contributed by atoms with Crippen molar-refractivity contribution < 1.29 is 14.6 Å². The van der Waals surface area contributed by atoms with E-state index in [0.29, 0.717) is 18.2 Å². The maximum Gasteiger partial charge on any atom is 0.167 e. The monoisotopic (exact) mass is 434 g/mol. The zero-order valence-corrected chi connectivity index (χ0v) is 18.2. The lowest BCUT2D eigenvalue weighted by Gasteiger charge is -2.09. The summed E-state index contributed by atoms with van der Waals surface area (Å²) < 4.78 is 11.8. The number of nitrogens with one attached hydrogen (secondary N) is 1. The molecule has 4 rings (SSSR count). The molecule has 8 heteroatoms. The molecule has 2 N–H and O–H groups in total. The Balaban J connectivity index is 1.66. The SMILES string of the molecule is CCOc1ccccc1-c1sc2c(NN=Cc3ccc(OC)c(O)c3)ncnc2c1C. The second-order valence-corrected chi connectivity index (χ2v) is 7.71. The largest absolute Gasteiger partial charge is 0.504 e. The number of aryl methyl sites for hydroxylation is 1. The number of aromatic hydroxyl groups is 1. The number of hydrogen-bond donors (Lipinski definition) is 2. The molecular weight excluding hydrogens is 412 g/mol. The number of ether oxygens (including phenoxy) is 2. The van der Waals surface area contributed by atoms with Crippen molar-refractivity contribution in [3.63, 3.8) is 0 Å². The van der Waals surface area contributed by atoms with E-state index in [2.05, 4.69) is 33.5 Å². The van der Waals surface area contributed by atoms with E-state index in [-0.39, 0.29) is 5.75 Å². The molecule has 0 amide bonds. The fourth-order valence-corrected chi connectivity index (χ4v) is 4.48. The fraction of sp³-hybridized carbons (Fsp3) is 0.174. The van der Waals surface area contributed by atoms with E-state index in [0.717, 1.165) is 37.5 Å². The number of aromatic nitrogens is 2. The zero-order chi connectivity index (χ0) is 21.8. The summed E-state index contributed by atoms with van der Waals surface area (Å²) in [6, 6.07) is 13.1. The van der Waals surface area contributed by atoms with Crippen LogP contribution in [0.15, 0.2) is 53.9 Å². The van der Waals surface area contributed by atoms with Crippen LogP contribution in [0.25, 0.3) is 20.7 Å². The van der Waals surface area contributed by atoms with E-state index in [9.17, 15) is 5.11 Å². The van der Waals surface area contributed by atoms with Gasteiger partial charge in [0.05, 0.1) is 30.1 Å². The van der Waals surface area contributed by atoms with Crippen molar-refractivity contribution in [2.24, 2.45) is 5.10 Å². The van der Waals surface area contributed by atoms with Crippen LogP contribution < -0.4 is 14.9 Å². The van der Waals surface area contributed by atoms with Gasteiger partial charge in [0.25, 0.3) is 0 Å². The minimum atomic E-state index is 0.0577. The maximum absolute atomic E-state index is 9.91. The number of hydrogen-bond acceptors (Lipinski definition) is 8. The minimum Gasteiger partial charge on any atom is -0.504 e. The van der Waals surface area contributed by atoms with Crippen LogP contribution in [0.2, 0.25) is 0 Å². The van der Waals surface area contributed by atoms with Crippen molar-refractivity contribution in [1.29, 1.82) is 0 Å². The van der Waals surface area contributed by atoms with Gasteiger partial charge in [-0.25, -0.2) is 9.97 Å². The number of phenols is 1. The molecule has 0 radical (unpaired) electrons. The number of nitrogens with zero attached hydrogens (tertiary/aromatic N) is 3. The van der Waals surface area contributed by atoms with Gasteiger partial charge < -0.3 is 14.6 Å². The Bertz CT molecular complexity index is 1250. The second kappa shape index (κ2) is 9.01. The molecule has 2 aromatic carbocycles. The highest BCUT2D eigenvalue weighted by Crippen LogP contribution is 2.42. The number of methoxy groups -OCH3 is 1. The van der Waals surface area contributed by atoms with Crippen LogP contribution in [-0.4, -0.2) is 35.0 Å². The van der Waals surface area contributed by atoms with Gasteiger partial charge in [-0.2, -0.15) is 5.10 Å². The number of para-hydroxylation sites is 1. The summed E-state index contributed by atoms with van der Waals surface area (Å²) in [7, 11) is 1.51. The van der Waals surface area contributed by atoms with Gasteiger partial charge in [-0.3, -0.25) is 5.43 Å². The summed E-state index contributed by atoms with van der Waals surface area (Å²) in [6.45, 7) is 4.63. The highest BCUT2D eigenvalue weighted by atomic mass is 32.1. The minimum absolute atomic E-state index is 0.0577. The average Bonchev–Trinajstić information content (AvgIpc) is 3.12. The third-order valence-corrected chi connectivity index (χ3v) is 6.04. The molecule has 31 heavy (non-hydrogen) atoms. The van der Waals surface area contributed by atoms with Gasteiger partial charge in [-0.05, 0) is 55.3 Å². The number of anilines is 1. The van der Waals surface area contributed by atoms with Crippen LogP contribution in [0.4, 0.5) is 5.82 Å². The van der Waals surface area contributed by atoms with Gasteiger partial charge in [-0.1, -0.05) is 12.1 Å². The van der Waals surface area contributed by atoms with E-state index >= 15 is 0 Å². The van der Waals surface area contributed by atoms with Gasteiger partial charge in [0.2, 0.25) is 0 Å². The highest BCUT2D eigenvalue weighted by Gasteiger charge is 2.17. The highest BCUT2D eigenvalue weighted by molar-refractivity contribution is 7.23. The predicted molar refractivity (Wildman–Crippen MR) is 125 cm³/mol. The third kappa shape index (κ3) is 4.15. The smallest absolute Gasteiger partial charge is 0.167 e. The standard InChI is InChI=1S/C23H22N4O3S/c1-4-30-18-8-6-5-7-16(18)21-14(2)20-22(31-21)23(25-13-24-20)27-26-12-15-9-10-19(29-3)17(28)11-15/h5-13,28H,4H2,1-3H3,(H,24,25,27). The summed E-state index contributed by atoms with van der Waals surface area (Å²) in [5.41, 5.74) is 6.71. The second-order valence-electron chi connectivity index (χ2n) is 6.69. The van der Waals surface area contributed by atoms with Crippen LogP contribution >= 0.6 is 11.3 Å². The van der Waals surface area contributed by atoms with Crippen molar-refractivity contribution >= 4 is 33.6 Å². The first-order valence-electron chi connectivity index (χ1n) is 9.74. The van der Waals surface area contributed by atoms with Crippen molar-refractivity contribution in [2.75, 3.05) is 19.1 Å². The zero-order valence-electron chi connectivity index (χ0n) is 17.4. The predicted octanol–water partition coefficient (Wildman–Crippen LogP) is 5.23. The Morgan fingerprint density at radius 2 is 2.00 bits per heavy atom. The van der Waals surface area contributed by atoms with Gasteiger partial charge in [0.15, 0.2) is 17.3 Å². The number of benzene rings is 2. The lowest BCUT2D eigenvalue weighted by atomic mass is 10.1. The topological polar surface area (TPSA) is 88.9 Å². The fourth-order valence-electron chi connectivity index (χ4n) is 3.25. The molecule has 0 aliphatic carbocycles. The Morgan fingerprint density at radius 3 is 2.77 bits per heavy atom. The van der Waals surface area contributed by atoms with Crippen molar-refractivity contribution in [2.45, 2.75) is 13.8 Å². The van der Waals surface area contributed by atoms with Crippen LogP contribution in [0, 0.1) is 6.92 Å². The van der Waals surface area contributed by atoms with Gasteiger partial charge >= 0.3 is 0 Å². The Morgan fingerprint density at radius 1 is 1.16 bits per heavy atom. The summed E-state index contributed by atoms with van der Waals surface area (Å²) in [5, 5.41) is 14.2. The van der Waals surface area contributed by atoms with Gasteiger partial charge in [0, 0.05) is 10.4 Å². The Hall–Kier alpha value is -3.65. The Kier molecular flexibility index (Phi) is 5.99. The van der Waals surface area contributed by atoms with E-state index < -0.39 is 0 Å². The molecule has 0 fully saturated rings. The maximum atomic E-state index is 9.91. The molecule has 2 aromatic heterocycles. The number of phenolic OH excluding ortho intramolecular Hbond substituents is 1. The van der Waals surface area contributed by atoms with E-state index in [4.69, 9.17) is 9.47 Å². The first kappa shape index (κ1) is 20.6. The molecule has 0 saturated carbocycles. The van der Waals surface area contributed by atoms with Crippen molar-refractivity contribution in [1.82, 2.24) is 9.97 Å². The van der Waals surface area contributed by atoms with Crippen LogP contribution in [0.1, 0.15) is 18.1 Å². The van der Waals surface area contributed by atoms with Crippen LogP contribution in [-0.2, 0) is 0 Å². The normalized spacial score (nSPS) is 11.2. The third-order valence-electron chi connectivity index (χ3n) is 4.72. The summed E-state index contributed by atoms with van der Waals surface area (Å²) in [4.78, 5) is 9.93. The molecule has 0 unspecified atom stereocenters. The summed E-state index contributed by atoms with van der Waals surface area (Å²) in [6.07, 6.45) is 3.14. The van der Waals surface area contributed by atoms with Crippen molar-refractivity contribution in [3.05, 3.63) is 59.9 Å². The molecule has 0 spiro atoms. The average molecular weight is 435 g/mol. The molecule has 0 atom stereocenters. The number of rotatable bonds is 7. The quantitative estimate of drug-likeness (QED) is 0.306. The van der Waals surface area contributed by atoms with Crippen LogP contribution in [0.5, 0.6) is 17.2 Å². The number of hydrazone groups is 1. The van der Waals surface area contributed by atoms with E-state index in [1.165, 1.54) is 13.4 Å². The summed E-state index contributed by atoms with van der Waals surface area (Å²) >= 11 is 1.60. The molecule has 0 aliphatic rings. The molecular formula is C23H22N4O3S. The molecule has 2 heterocycles. The first-order chi connectivity index (χ1) is 15.1. The lowest BCUT2D eigenvalue weighted by molar-refractivity contribution is 0.341. The molecule has 0 saturated heterocycles. The summed E-state index contributed by atoms with van der Waals surface area (Å²) in [5.74, 6) is 1.94. The first-order valence-corrected chi connectivity index (χ1v) is 10.6. The number of thiophene rings is 1.